The lowest BCUT2D eigenvalue weighted by molar-refractivity contribution is -0.146. The number of aliphatic hydroxyl groups excluding tert-OH is 1. The van der Waals surface area contributed by atoms with Crippen molar-refractivity contribution in [3.63, 3.8) is 0 Å². The molecule has 0 saturated heterocycles. The topological polar surface area (TPSA) is 119 Å². The molecule has 3 N–H and O–H groups in total. The minimum atomic E-state index is -1.69. The third-order valence-electron chi connectivity index (χ3n) is 8.59. The molecule has 2 atom stereocenters. The number of allylic oxidation sites excluding steroid dienone is 1. The predicted octanol–water partition coefficient (Wildman–Crippen LogP) is 6.83. The zero-order valence-corrected chi connectivity index (χ0v) is 27.2. The van der Waals surface area contributed by atoms with Crippen LogP contribution in [0.3, 0.4) is 0 Å². The normalized spacial score (nSPS) is 21.6. The van der Waals surface area contributed by atoms with E-state index in [1.54, 1.807) is 30.3 Å². The van der Waals surface area contributed by atoms with Crippen molar-refractivity contribution >= 4 is 46.7 Å². The second-order valence-corrected chi connectivity index (χ2v) is 14.1. The highest BCUT2D eigenvalue weighted by Crippen LogP contribution is 2.48. The van der Waals surface area contributed by atoms with Crippen molar-refractivity contribution in [2.75, 3.05) is 6.54 Å². The number of benzene rings is 2. The van der Waals surface area contributed by atoms with E-state index < -0.39 is 30.2 Å². The van der Waals surface area contributed by atoms with Gasteiger partial charge in [-0.25, -0.2) is 4.79 Å². The number of amides is 2. The zero-order chi connectivity index (χ0) is 32.4. The molecule has 236 valence electrons. The number of halogens is 2. The van der Waals surface area contributed by atoms with Gasteiger partial charge < -0.3 is 20.4 Å². The molecule has 0 unspecified atom stereocenters. The molecule has 1 spiro atoms. The molecule has 4 rings (SSSR count). The van der Waals surface area contributed by atoms with Crippen LogP contribution in [-0.4, -0.2) is 56.9 Å². The fourth-order valence-corrected chi connectivity index (χ4v) is 6.62. The summed E-state index contributed by atoms with van der Waals surface area (Å²) in [4.78, 5) is 45.2. The summed E-state index contributed by atoms with van der Waals surface area (Å²) in [7, 11) is 0. The van der Waals surface area contributed by atoms with Gasteiger partial charge in [0.1, 0.15) is 11.4 Å². The molecule has 8 nitrogen and oxygen atoms in total. The second-order valence-electron chi connectivity index (χ2n) is 13.2. The Morgan fingerprint density at radius 2 is 1.70 bits per heavy atom. The molecule has 10 heteroatoms. The summed E-state index contributed by atoms with van der Waals surface area (Å²) >= 11 is 12.7. The lowest BCUT2D eigenvalue weighted by Crippen LogP contribution is -2.51. The van der Waals surface area contributed by atoms with Crippen molar-refractivity contribution < 1.29 is 24.6 Å². The van der Waals surface area contributed by atoms with Crippen LogP contribution < -0.4 is 5.32 Å². The van der Waals surface area contributed by atoms with Gasteiger partial charge in [0.15, 0.2) is 6.10 Å². The number of aliphatic imine (C=N–C) groups is 1. The van der Waals surface area contributed by atoms with Gasteiger partial charge in [0, 0.05) is 21.2 Å². The van der Waals surface area contributed by atoms with Crippen LogP contribution in [0.15, 0.2) is 59.6 Å². The monoisotopic (exact) mass is 641 g/mol. The van der Waals surface area contributed by atoms with E-state index in [2.05, 4.69) is 39.6 Å². The second kappa shape index (κ2) is 13.4. The van der Waals surface area contributed by atoms with Crippen LogP contribution in [0.4, 0.5) is 0 Å². The number of hydrogen-bond acceptors (Lipinski definition) is 5. The largest absolute Gasteiger partial charge is 0.479 e. The molecule has 1 heterocycles. The number of aliphatic hydroxyl groups is 1. The first-order valence-corrected chi connectivity index (χ1v) is 15.7. The molecule has 1 saturated carbocycles. The fourth-order valence-electron chi connectivity index (χ4n) is 6.10. The first kappa shape index (κ1) is 33.7. The van der Waals surface area contributed by atoms with E-state index in [9.17, 15) is 19.5 Å². The van der Waals surface area contributed by atoms with Gasteiger partial charge >= 0.3 is 5.97 Å². The number of nitrogens with one attached hydrogen (secondary N) is 1. The average Bonchev–Trinajstić information content (AvgIpc) is 3.22. The minimum Gasteiger partial charge on any atom is -0.479 e. The summed E-state index contributed by atoms with van der Waals surface area (Å²) in [5.74, 6) is -1.73. The third-order valence-corrected chi connectivity index (χ3v) is 9.02. The van der Waals surface area contributed by atoms with E-state index in [-0.39, 0.29) is 17.4 Å². The van der Waals surface area contributed by atoms with Crippen molar-refractivity contribution in [1.29, 1.82) is 0 Å². The smallest absolute Gasteiger partial charge is 0.334 e. The molecule has 2 aromatic rings. The van der Waals surface area contributed by atoms with Crippen molar-refractivity contribution in [2.24, 2.45) is 16.3 Å². The summed E-state index contributed by atoms with van der Waals surface area (Å²) in [6, 6.07) is 11.7. The van der Waals surface area contributed by atoms with E-state index in [4.69, 9.17) is 33.3 Å². The van der Waals surface area contributed by atoms with Gasteiger partial charge in [-0.2, -0.15) is 0 Å². The van der Waals surface area contributed by atoms with E-state index >= 15 is 0 Å². The first-order valence-electron chi connectivity index (χ1n) is 14.9. The Labute approximate surface area is 269 Å². The van der Waals surface area contributed by atoms with Crippen LogP contribution in [0.25, 0.3) is 0 Å². The van der Waals surface area contributed by atoms with Crippen LogP contribution in [0.2, 0.25) is 10.0 Å². The number of carboxylic acid groups (broad SMARTS) is 1. The standard InChI is InChI=1S/C34H41Cl2N3O5/c1-20(2)21-10-14-34(15-11-21)38-29(24-16-25(35)18-26(36)17-24)31(42)39(34)27(12-13-33(3,4)5)22-6-8-23(9-7-22)30(41)37-19-28(40)32(43)44/h6-9,16-18,21,27-28,40H,1,10-15,19H2,2-5H3,(H,37,41)(H,43,44)/t21?,27-,28+,34?/m1/s1. The molecule has 0 radical (unpaired) electrons. The molecule has 1 fully saturated rings. The Kier molecular flexibility index (Phi) is 10.3. The number of carbonyl (C=O) groups is 3. The summed E-state index contributed by atoms with van der Waals surface area (Å²) in [6.07, 6.45) is 2.91. The molecule has 44 heavy (non-hydrogen) atoms. The van der Waals surface area contributed by atoms with Crippen LogP contribution in [-0.2, 0) is 9.59 Å². The maximum Gasteiger partial charge on any atom is 0.334 e. The molecular weight excluding hydrogens is 601 g/mol. The molecule has 1 aliphatic carbocycles. The summed E-state index contributed by atoms with van der Waals surface area (Å²) in [5, 5.41) is 21.7. The predicted molar refractivity (Wildman–Crippen MR) is 173 cm³/mol. The van der Waals surface area contributed by atoms with Crippen LogP contribution in [0.1, 0.15) is 93.7 Å². The average molecular weight is 643 g/mol. The number of aliphatic carboxylic acids is 1. The van der Waals surface area contributed by atoms with Crippen molar-refractivity contribution in [1.82, 2.24) is 10.2 Å². The Morgan fingerprint density at radius 3 is 2.23 bits per heavy atom. The molecule has 2 amide bonds. The molecule has 0 aromatic heterocycles. The van der Waals surface area contributed by atoms with Crippen molar-refractivity contribution in [2.45, 2.75) is 84.0 Å². The first-order chi connectivity index (χ1) is 20.6. The van der Waals surface area contributed by atoms with Crippen LogP contribution in [0, 0.1) is 11.3 Å². The summed E-state index contributed by atoms with van der Waals surface area (Å²) < 4.78 is 0. The van der Waals surface area contributed by atoms with Gasteiger partial charge in [0.2, 0.25) is 0 Å². The molecule has 2 aromatic carbocycles. The van der Waals surface area contributed by atoms with Crippen molar-refractivity contribution in [3.8, 4) is 0 Å². The Balaban J connectivity index is 1.73. The van der Waals surface area contributed by atoms with Gasteiger partial charge in [0.05, 0.1) is 12.6 Å². The van der Waals surface area contributed by atoms with Gasteiger partial charge in [-0.1, -0.05) is 68.3 Å². The Morgan fingerprint density at radius 1 is 1.11 bits per heavy atom. The number of carbonyl (C=O) groups excluding carboxylic acids is 2. The highest BCUT2D eigenvalue weighted by Gasteiger charge is 2.52. The highest BCUT2D eigenvalue weighted by molar-refractivity contribution is 6.47. The van der Waals surface area contributed by atoms with Crippen molar-refractivity contribution in [3.05, 3.63) is 81.4 Å². The third kappa shape index (κ3) is 7.71. The maximum atomic E-state index is 14.5. The number of hydrogen-bond donors (Lipinski definition) is 3. The fraction of sp³-hybridized carbons (Fsp3) is 0.471. The number of rotatable bonds is 10. The number of nitrogens with zero attached hydrogens (tertiary/aromatic N) is 2. The SMILES string of the molecule is C=C(C)C1CCC2(CC1)N=C(c1cc(Cl)cc(Cl)c1)C(=O)N2[C@H](CCC(C)(C)C)c1ccc(C(=O)NC[C@H](O)C(=O)O)cc1. The van der Waals surface area contributed by atoms with Gasteiger partial charge in [-0.3, -0.25) is 14.6 Å². The lowest BCUT2D eigenvalue weighted by Gasteiger charge is -2.46. The lowest BCUT2D eigenvalue weighted by atomic mass is 9.77. The summed E-state index contributed by atoms with van der Waals surface area (Å²) in [5.41, 5.74) is 2.50. The molecule has 1 aliphatic heterocycles. The molecule has 0 bridgehead atoms. The van der Waals surface area contributed by atoms with Gasteiger partial charge in [-0.15, -0.1) is 0 Å². The van der Waals surface area contributed by atoms with Crippen LogP contribution in [0.5, 0.6) is 0 Å². The van der Waals surface area contributed by atoms with E-state index in [0.29, 0.717) is 52.1 Å². The number of carboxylic acids is 1. The molecular formula is C34H41Cl2N3O5. The Bertz CT molecular complexity index is 1440. The zero-order valence-electron chi connectivity index (χ0n) is 25.7. The van der Waals surface area contributed by atoms with E-state index in [1.165, 1.54) is 0 Å². The highest BCUT2D eigenvalue weighted by atomic mass is 35.5. The molecule has 2 aliphatic rings. The van der Waals surface area contributed by atoms with Gasteiger partial charge in [-0.05, 0) is 92.7 Å². The van der Waals surface area contributed by atoms with Gasteiger partial charge in [0.25, 0.3) is 11.8 Å². The van der Waals surface area contributed by atoms with Crippen LogP contribution >= 0.6 is 23.2 Å². The summed E-state index contributed by atoms with van der Waals surface area (Å²) in [6.45, 7) is 12.3. The Hall–Kier alpha value is -3.20. The minimum absolute atomic E-state index is 0.000762. The van der Waals surface area contributed by atoms with E-state index in [0.717, 1.165) is 30.4 Å². The van der Waals surface area contributed by atoms with E-state index in [1.807, 2.05) is 17.0 Å². The maximum absolute atomic E-state index is 14.5. The quantitative estimate of drug-likeness (QED) is 0.246.